The monoisotopic (exact) mass is 630 g/mol. The zero-order valence-corrected chi connectivity index (χ0v) is 25.4. The number of anilines is 1. The summed E-state index contributed by atoms with van der Waals surface area (Å²) in [6, 6.07) is 14.2. The third-order valence-electron chi connectivity index (χ3n) is 8.11. The topological polar surface area (TPSA) is 120 Å². The summed E-state index contributed by atoms with van der Waals surface area (Å²) < 4.78 is 68.8. The third kappa shape index (κ3) is 7.12. The van der Waals surface area contributed by atoms with Gasteiger partial charge in [0.2, 0.25) is 10.0 Å². The van der Waals surface area contributed by atoms with Gasteiger partial charge in [-0.25, -0.2) is 26.7 Å². The second kappa shape index (κ2) is 13.1. The minimum absolute atomic E-state index is 0.00663. The Morgan fingerprint density at radius 1 is 1.11 bits per heavy atom. The maximum Gasteiger partial charge on any atom is 0.321 e. The summed E-state index contributed by atoms with van der Waals surface area (Å²) >= 11 is 0. The summed E-state index contributed by atoms with van der Waals surface area (Å²) in [5.74, 6) is -0.968. The summed E-state index contributed by atoms with van der Waals surface area (Å²) in [6.07, 6.45) is 0.105. The molecule has 44 heavy (non-hydrogen) atoms. The molecule has 1 spiro atoms. The second-order valence-electron chi connectivity index (χ2n) is 11.4. The highest BCUT2D eigenvalue weighted by molar-refractivity contribution is 7.89. The number of amides is 2. The highest BCUT2D eigenvalue weighted by atomic mass is 32.2. The molecule has 5 rings (SSSR count). The predicted molar refractivity (Wildman–Crippen MR) is 161 cm³/mol. The number of likely N-dealkylation sites (tertiary alicyclic amines) is 1. The summed E-state index contributed by atoms with van der Waals surface area (Å²) in [7, 11) is -0.737. The number of benzene rings is 3. The SMILES string of the molecule is COc1ccccc1NC(=O)N1CCC2(CC1)COc1cc(-c3ccc(F)cc3F)ccc1S(=O)(=O)NCC(O)CN(C)C2. The highest BCUT2D eigenvalue weighted by Crippen LogP contribution is 2.37. The Bertz CT molecular complexity index is 1610. The van der Waals surface area contributed by atoms with Gasteiger partial charge in [0.05, 0.1) is 25.5 Å². The molecule has 2 amide bonds. The number of carbonyl (C=O) groups excluding carboxylic acids is 1. The maximum atomic E-state index is 14.6. The van der Waals surface area contributed by atoms with Crippen LogP contribution in [0, 0.1) is 17.0 Å². The summed E-state index contributed by atoms with van der Waals surface area (Å²) in [4.78, 5) is 16.6. The molecule has 3 aromatic carbocycles. The van der Waals surface area contributed by atoms with Crippen molar-refractivity contribution in [2.45, 2.75) is 23.8 Å². The average molecular weight is 631 g/mol. The van der Waals surface area contributed by atoms with E-state index in [4.69, 9.17) is 9.47 Å². The number of methoxy groups -OCH3 is 1. The minimum atomic E-state index is -4.11. The second-order valence-corrected chi connectivity index (χ2v) is 13.1. The van der Waals surface area contributed by atoms with Crippen LogP contribution in [0.25, 0.3) is 11.1 Å². The Morgan fingerprint density at radius 3 is 2.59 bits per heavy atom. The Kier molecular flexibility index (Phi) is 9.39. The van der Waals surface area contributed by atoms with Crippen molar-refractivity contribution in [2.75, 3.05) is 58.8 Å². The fraction of sp³-hybridized carbons (Fsp3) is 0.387. The number of nitrogens with zero attached hydrogens (tertiary/aromatic N) is 2. The summed E-state index contributed by atoms with van der Waals surface area (Å²) in [6.45, 7) is 1.44. The Labute approximate surface area is 255 Å². The zero-order chi connectivity index (χ0) is 31.5. The number of nitrogens with one attached hydrogen (secondary N) is 2. The van der Waals surface area contributed by atoms with E-state index < -0.39 is 33.2 Å². The first-order chi connectivity index (χ1) is 21.0. The molecule has 0 radical (unpaired) electrons. The van der Waals surface area contributed by atoms with E-state index in [1.54, 1.807) is 23.1 Å². The molecule has 0 bridgehead atoms. The number of likely N-dealkylation sites (N-methyl/N-ethyl adjacent to an activating group) is 1. The number of urea groups is 1. The number of piperidine rings is 1. The number of fused-ring (bicyclic) bond motifs is 1. The molecule has 1 unspecified atom stereocenters. The van der Waals surface area contributed by atoms with Gasteiger partial charge in [0.25, 0.3) is 0 Å². The summed E-state index contributed by atoms with van der Waals surface area (Å²) in [5, 5.41) is 13.5. The standard InChI is InChI=1S/C31H36F2N4O6S/c1-36-18-23(38)17-34-44(40,41)29-10-7-21(24-9-8-22(32)16-25(24)33)15-28(29)43-20-31(19-36)11-13-37(14-12-31)30(39)35-26-5-3-4-6-27(26)42-2/h3-10,15-16,23,34,38H,11-14,17-20H2,1-2H3,(H,35,39). The number of hydrogen-bond donors (Lipinski definition) is 3. The van der Waals surface area contributed by atoms with E-state index in [9.17, 15) is 27.1 Å². The number of halogens is 2. The van der Waals surface area contributed by atoms with E-state index in [-0.39, 0.29) is 41.9 Å². The quantitative estimate of drug-likeness (QED) is 0.401. The van der Waals surface area contributed by atoms with Crippen LogP contribution in [0.2, 0.25) is 0 Å². The maximum absolute atomic E-state index is 14.6. The van der Waals surface area contributed by atoms with Crippen molar-refractivity contribution in [2.24, 2.45) is 5.41 Å². The van der Waals surface area contributed by atoms with E-state index in [2.05, 4.69) is 10.0 Å². The van der Waals surface area contributed by atoms with Gasteiger partial charge in [0, 0.05) is 49.8 Å². The molecule has 0 saturated carbocycles. The molecule has 1 atom stereocenters. The Hall–Kier alpha value is -3.78. The molecule has 236 valence electrons. The van der Waals surface area contributed by atoms with Crippen LogP contribution in [-0.4, -0.2) is 88.9 Å². The lowest BCUT2D eigenvalue weighted by Crippen LogP contribution is -2.52. The van der Waals surface area contributed by atoms with Crippen molar-refractivity contribution in [1.82, 2.24) is 14.5 Å². The van der Waals surface area contributed by atoms with Crippen LogP contribution in [0.1, 0.15) is 12.8 Å². The number of rotatable bonds is 3. The van der Waals surface area contributed by atoms with Crippen LogP contribution in [0.4, 0.5) is 19.3 Å². The molecule has 1 fully saturated rings. The van der Waals surface area contributed by atoms with Crippen molar-refractivity contribution in [3.63, 3.8) is 0 Å². The van der Waals surface area contributed by atoms with E-state index in [0.29, 0.717) is 49.5 Å². The zero-order valence-electron chi connectivity index (χ0n) is 24.6. The summed E-state index contributed by atoms with van der Waals surface area (Å²) in [5.41, 5.74) is 0.467. The smallest absolute Gasteiger partial charge is 0.321 e. The van der Waals surface area contributed by atoms with Gasteiger partial charge < -0.3 is 29.7 Å². The molecule has 0 aromatic heterocycles. The fourth-order valence-electron chi connectivity index (χ4n) is 5.78. The number of hydrogen-bond acceptors (Lipinski definition) is 7. The van der Waals surface area contributed by atoms with Crippen molar-refractivity contribution in [1.29, 1.82) is 0 Å². The lowest BCUT2D eigenvalue weighted by Gasteiger charge is -2.44. The third-order valence-corrected chi connectivity index (χ3v) is 9.57. The van der Waals surface area contributed by atoms with Gasteiger partial charge in [-0.3, -0.25) is 0 Å². The Morgan fingerprint density at radius 2 is 1.86 bits per heavy atom. The van der Waals surface area contributed by atoms with Gasteiger partial charge in [-0.1, -0.05) is 18.2 Å². The van der Waals surface area contributed by atoms with Crippen LogP contribution in [0.5, 0.6) is 11.5 Å². The van der Waals surface area contributed by atoms with Gasteiger partial charge >= 0.3 is 6.03 Å². The molecule has 1 saturated heterocycles. The number of ether oxygens (including phenoxy) is 2. The molecule has 2 aliphatic heterocycles. The van der Waals surface area contributed by atoms with Gasteiger partial charge in [-0.05, 0) is 61.9 Å². The van der Waals surface area contributed by atoms with Crippen LogP contribution < -0.4 is 19.5 Å². The minimum Gasteiger partial charge on any atom is -0.495 e. The number of β-amino-alcohol motifs (C(OH)–C–C–N with tert-alkyl or cyclic N) is 1. The molecule has 3 aromatic rings. The number of para-hydroxylation sites is 2. The lowest BCUT2D eigenvalue weighted by molar-refractivity contribution is 0.0256. The molecular formula is C31H36F2N4O6S. The van der Waals surface area contributed by atoms with E-state index in [1.807, 2.05) is 18.0 Å². The number of sulfonamides is 1. The van der Waals surface area contributed by atoms with Gasteiger partial charge in [-0.2, -0.15) is 0 Å². The van der Waals surface area contributed by atoms with Gasteiger partial charge in [0.15, 0.2) is 0 Å². The largest absolute Gasteiger partial charge is 0.495 e. The molecule has 13 heteroatoms. The Balaban J connectivity index is 1.41. The number of carbonyl (C=O) groups is 1. The molecule has 2 aliphatic rings. The normalized spacial score (nSPS) is 20.5. The molecule has 10 nitrogen and oxygen atoms in total. The number of aliphatic hydroxyl groups excluding tert-OH is 1. The predicted octanol–water partition coefficient (Wildman–Crippen LogP) is 3.92. The molecule has 2 heterocycles. The fourth-order valence-corrected chi connectivity index (χ4v) is 6.98. The first-order valence-corrected chi connectivity index (χ1v) is 15.7. The molecular weight excluding hydrogens is 594 g/mol. The van der Waals surface area contributed by atoms with Crippen molar-refractivity contribution >= 4 is 21.7 Å². The van der Waals surface area contributed by atoms with E-state index >= 15 is 0 Å². The van der Waals surface area contributed by atoms with Crippen molar-refractivity contribution < 1.29 is 36.6 Å². The van der Waals surface area contributed by atoms with Crippen molar-refractivity contribution in [3.8, 4) is 22.6 Å². The van der Waals surface area contributed by atoms with E-state index in [1.165, 1.54) is 31.4 Å². The first kappa shape index (κ1) is 31.6. The first-order valence-electron chi connectivity index (χ1n) is 14.3. The average Bonchev–Trinajstić information content (AvgIpc) is 2.99. The lowest BCUT2D eigenvalue weighted by atomic mass is 9.78. The van der Waals surface area contributed by atoms with Crippen LogP contribution >= 0.6 is 0 Å². The van der Waals surface area contributed by atoms with Crippen LogP contribution in [-0.2, 0) is 10.0 Å². The molecule has 3 N–H and O–H groups in total. The van der Waals surface area contributed by atoms with Crippen LogP contribution in [0.3, 0.4) is 0 Å². The van der Waals surface area contributed by atoms with Crippen molar-refractivity contribution in [3.05, 3.63) is 72.3 Å². The number of aliphatic hydroxyl groups is 1. The van der Waals surface area contributed by atoms with Gasteiger partial charge in [-0.15, -0.1) is 0 Å². The van der Waals surface area contributed by atoms with Gasteiger partial charge in [0.1, 0.15) is 28.0 Å². The highest BCUT2D eigenvalue weighted by Gasteiger charge is 2.39. The van der Waals surface area contributed by atoms with Crippen LogP contribution in [0.15, 0.2) is 65.6 Å². The molecule has 0 aliphatic carbocycles. The van der Waals surface area contributed by atoms with E-state index in [0.717, 1.165) is 12.1 Å².